The van der Waals surface area contributed by atoms with Gasteiger partial charge in [-0.2, -0.15) is 0 Å². The maximum absolute atomic E-state index is 14.7. The summed E-state index contributed by atoms with van der Waals surface area (Å²) in [7, 11) is 0. The lowest BCUT2D eigenvalue weighted by molar-refractivity contribution is -0.148. The molecule has 4 aliphatic heterocycles. The number of ether oxygens (including phenoxy) is 1. The van der Waals surface area contributed by atoms with Crippen molar-refractivity contribution in [3.05, 3.63) is 89.5 Å². The zero-order valence-corrected chi connectivity index (χ0v) is 25.2. The van der Waals surface area contributed by atoms with Crippen LogP contribution in [0.4, 0.5) is 5.69 Å². The molecule has 43 heavy (non-hydrogen) atoms. The van der Waals surface area contributed by atoms with Crippen molar-refractivity contribution >= 4 is 23.4 Å². The number of hydrogen-bond acceptors (Lipinski definition) is 5. The second-order valence-electron chi connectivity index (χ2n) is 12.5. The maximum atomic E-state index is 14.7. The molecule has 6 rings (SSSR count). The molecule has 2 aromatic carbocycles. The number of fused-ring (bicyclic) bond motifs is 2. The zero-order valence-electron chi connectivity index (χ0n) is 25.2. The second-order valence-corrected chi connectivity index (χ2v) is 12.5. The number of benzene rings is 2. The first-order chi connectivity index (χ1) is 20.7. The lowest BCUT2D eigenvalue weighted by atomic mass is 9.74. The topological polar surface area (TPSA) is 90.4 Å². The van der Waals surface area contributed by atoms with E-state index in [0.717, 1.165) is 28.8 Å². The van der Waals surface area contributed by atoms with Crippen LogP contribution in [0.2, 0.25) is 0 Å². The number of aliphatic hydroxyl groups is 1. The Bertz CT molecular complexity index is 1450. The van der Waals surface area contributed by atoms with E-state index in [1.165, 1.54) is 0 Å². The van der Waals surface area contributed by atoms with Gasteiger partial charge in [-0.1, -0.05) is 72.8 Å². The summed E-state index contributed by atoms with van der Waals surface area (Å²) in [6, 6.07) is 14.9. The van der Waals surface area contributed by atoms with Gasteiger partial charge in [0.25, 0.3) is 5.91 Å². The third-order valence-electron chi connectivity index (χ3n) is 9.62. The quantitative estimate of drug-likeness (QED) is 0.376. The van der Waals surface area contributed by atoms with Crippen LogP contribution in [0.1, 0.15) is 42.9 Å². The minimum Gasteiger partial charge on any atom is -0.396 e. The molecule has 0 bridgehead atoms. The van der Waals surface area contributed by atoms with E-state index < -0.39 is 29.1 Å². The highest BCUT2D eigenvalue weighted by molar-refractivity contribution is 6.06. The smallest absolute Gasteiger partial charge is 0.253 e. The van der Waals surface area contributed by atoms with Gasteiger partial charge in [0.15, 0.2) is 0 Å². The predicted octanol–water partition coefficient (Wildman–Crippen LogP) is 3.94. The Morgan fingerprint density at radius 2 is 1.56 bits per heavy atom. The molecule has 0 saturated carbocycles. The Morgan fingerprint density at radius 1 is 0.837 bits per heavy atom. The van der Waals surface area contributed by atoms with Crippen LogP contribution < -0.4 is 4.90 Å². The number of para-hydroxylation sites is 1. The van der Waals surface area contributed by atoms with Crippen LogP contribution in [0.15, 0.2) is 72.8 Å². The molecular weight excluding hydrogens is 542 g/mol. The van der Waals surface area contributed by atoms with Crippen molar-refractivity contribution in [2.45, 2.75) is 63.8 Å². The van der Waals surface area contributed by atoms with Crippen LogP contribution in [-0.2, 0) is 25.7 Å². The van der Waals surface area contributed by atoms with Gasteiger partial charge in [-0.15, -0.1) is 0 Å². The Balaban J connectivity index is 1.42. The van der Waals surface area contributed by atoms with Gasteiger partial charge in [-0.25, -0.2) is 0 Å². The fourth-order valence-electron chi connectivity index (χ4n) is 7.76. The number of aryl methyl sites for hydroxylation is 2. The van der Waals surface area contributed by atoms with E-state index in [1.807, 2.05) is 93.6 Å². The van der Waals surface area contributed by atoms with Crippen LogP contribution in [0, 0.1) is 25.7 Å². The first-order valence-corrected chi connectivity index (χ1v) is 15.4. The average molecular weight is 584 g/mol. The fraction of sp³-hybridized carbons (Fsp3) is 0.457. The van der Waals surface area contributed by atoms with Crippen LogP contribution in [0.3, 0.4) is 0 Å². The van der Waals surface area contributed by atoms with Crippen molar-refractivity contribution in [1.29, 1.82) is 0 Å². The third kappa shape index (κ3) is 4.81. The molecule has 1 N–H and O–H groups in total. The molecule has 0 radical (unpaired) electrons. The van der Waals surface area contributed by atoms with Crippen LogP contribution >= 0.6 is 0 Å². The van der Waals surface area contributed by atoms with Crippen molar-refractivity contribution < 1.29 is 24.2 Å². The van der Waals surface area contributed by atoms with E-state index in [9.17, 15) is 19.5 Å². The predicted molar refractivity (Wildman–Crippen MR) is 164 cm³/mol. The number of aliphatic hydroxyl groups excluding tert-OH is 1. The van der Waals surface area contributed by atoms with Crippen molar-refractivity contribution in [2.75, 3.05) is 31.1 Å². The lowest BCUT2D eigenvalue weighted by Crippen LogP contribution is -2.56. The second kappa shape index (κ2) is 11.4. The SMILES string of the molecule is Cc1cccc(C)c1N1CC=C[C@]23O[C@]4(C)C=CCN(Cc5ccccc5)C(=O)[C@@H]4[C@H]2C(=O)N(CCCCCO)C3C1=O. The molecule has 3 amide bonds. The summed E-state index contributed by atoms with van der Waals surface area (Å²) in [6.07, 6.45) is 9.71. The summed E-state index contributed by atoms with van der Waals surface area (Å²) in [4.78, 5) is 49.0. The number of anilines is 1. The van der Waals surface area contributed by atoms with E-state index in [4.69, 9.17) is 4.74 Å². The Labute approximate surface area is 253 Å². The number of amides is 3. The van der Waals surface area contributed by atoms with E-state index in [1.54, 1.807) is 14.7 Å². The van der Waals surface area contributed by atoms with E-state index in [-0.39, 0.29) is 24.3 Å². The van der Waals surface area contributed by atoms with Crippen molar-refractivity contribution in [3.63, 3.8) is 0 Å². The Morgan fingerprint density at radius 3 is 2.28 bits per heavy atom. The highest BCUT2D eigenvalue weighted by Gasteiger charge is 2.74. The molecule has 226 valence electrons. The lowest BCUT2D eigenvalue weighted by Gasteiger charge is -2.38. The van der Waals surface area contributed by atoms with Gasteiger partial charge in [0.1, 0.15) is 11.6 Å². The van der Waals surface area contributed by atoms with Crippen molar-refractivity contribution in [1.82, 2.24) is 9.80 Å². The molecule has 8 nitrogen and oxygen atoms in total. The number of likely N-dealkylation sites (tertiary alicyclic amines) is 1. The van der Waals surface area contributed by atoms with Crippen LogP contribution in [0.25, 0.3) is 0 Å². The first-order valence-electron chi connectivity index (χ1n) is 15.4. The van der Waals surface area contributed by atoms with Gasteiger partial charge in [-0.3, -0.25) is 14.4 Å². The molecule has 0 aliphatic carbocycles. The average Bonchev–Trinajstić information content (AvgIpc) is 3.25. The summed E-state index contributed by atoms with van der Waals surface area (Å²) in [5.41, 5.74) is 1.47. The number of unbranched alkanes of at least 4 members (excludes halogenated alkanes) is 2. The first kappa shape index (κ1) is 29.3. The van der Waals surface area contributed by atoms with Gasteiger partial charge in [0.05, 0.1) is 17.4 Å². The molecule has 8 heteroatoms. The molecule has 0 aromatic heterocycles. The number of nitrogens with zero attached hydrogens (tertiary/aromatic N) is 3. The number of carbonyl (C=O) groups excluding carboxylic acids is 3. The monoisotopic (exact) mass is 583 g/mol. The summed E-state index contributed by atoms with van der Waals surface area (Å²) < 4.78 is 6.97. The van der Waals surface area contributed by atoms with Gasteiger partial charge in [0.2, 0.25) is 11.8 Å². The fourth-order valence-corrected chi connectivity index (χ4v) is 7.76. The standard InChI is InChI=1S/C35H41N3O5/c1-24-13-10-14-25(2)29(24)37-21-12-18-35-28(32(41)38(30(35)33(37)42)20-8-5-9-22-39)27-31(40)36(19-11-17-34(27,3)43-35)23-26-15-6-4-7-16-26/h4,6-7,10-18,27-28,30,39H,5,8-9,19-23H2,1-3H3/t27-,28-,30?,34+,35-/m0/s1. The van der Waals surface area contributed by atoms with E-state index in [2.05, 4.69) is 0 Å². The van der Waals surface area contributed by atoms with Crippen molar-refractivity contribution in [2.24, 2.45) is 11.8 Å². The summed E-state index contributed by atoms with van der Waals surface area (Å²) in [5, 5.41) is 9.35. The third-order valence-corrected chi connectivity index (χ3v) is 9.62. The number of hydrogen-bond donors (Lipinski definition) is 1. The number of carbonyl (C=O) groups is 3. The Hall–Kier alpha value is -3.75. The molecule has 4 heterocycles. The molecular formula is C35H41N3O5. The van der Waals surface area contributed by atoms with E-state index >= 15 is 0 Å². The highest BCUT2D eigenvalue weighted by Crippen LogP contribution is 2.57. The molecule has 2 fully saturated rings. The summed E-state index contributed by atoms with van der Waals surface area (Å²) in [6.45, 7) is 7.48. The normalized spacial score (nSPS) is 29.9. The largest absolute Gasteiger partial charge is 0.396 e. The van der Waals surface area contributed by atoms with Gasteiger partial charge in [-0.05, 0) is 56.7 Å². The minimum atomic E-state index is -1.29. The molecule has 1 unspecified atom stereocenters. The van der Waals surface area contributed by atoms with Crippen LogP contribution in [0.5, 0.6) is 0 Å². The summed E-state index contributed by atoms with van der Waals surface area (Å²) >= 11 is 0. The highest BCUT2D eigenvalue weighted by atomic mass is 16.5. The van der Waals surface area contributed by atoms with Gasteiger partial charge < -0.3 is 24.5 Å². The van der Waals surface area contributed by atoms with Crippen molar-refractivity contribution in [3.8, 4) is 0 Å². The Kier molecular flexibility index (Phi) is 7.77. The van der Waals surface area contributed by atoms with Gasteiger partial charge in [0, 0.05) is 38.5 Å². The maximum Gasteiger partial charge on any atom is 0.253 e. The molecule has 1 spiro atoms. The zero-order chi connectivity index (χ0) is 30.4. The number of rotatable bonds is 8. The molecule has 2 aromatic rings. The van der Waals surface area contributed by atoms with Gasteiger partial charge >= 0.3 is 0 Å². The molecule has 4 aliphatic rings. The molecule has 2 saturated heterocycles. The minimum absolute atomic E-state index is 0.0770. The molecule has 5 atom stereocenters. The van der Waals surface area contributed by atoms with Crippen LogP contribution in [-0.4, -0.2) is 76.1 Å². The van der Waals surface area contributed by atoms with E-state index in [0.29, 0.717) is 39.0 Å². The summed E-state index contributed by atoms with van der Waals surface area (Å²) in [5.74, 6) is -2.17.